The number of ether oxygens (including phenoxy) is 2. The van der Waals surface area contributed by atoms with E-state index in [1.165, 1.54) is 11.1 Å². The van der Waals surface area contributed by atoms with Crippen LogP contribution >= 0.6 is 15.9 Å². The summed E-state index contributed by atoms with van der Waals surface area (Å²) < 4.78 is 12.8. The standard InChI is InChI=1S/C12H13BrO2/c1-6-4-7(13)5-8-9(6)15-12(2,3)11-10(8)14-11/h4-5,10-11H,1-3H3. The van der Waals surface area contributed by atoms with Crippen LogP contribution in [0.2, 0.25) is 0 Å². The Kier molecular flexibility index (Phi) is 1.79. The van der Waals surface area contributed by atoms with E-state index in [9.17, 15) is 0 Å². The molecule has 2 unspecified atom stereocenters. The average Bonchev–Trinajstić information content (AvgIpc) is 2.87. The molecule has 2 aliphatic heterocycles. The molecule has 0 bridgehead atoms. The fourth-order valence-electron chi connectivity index (χ4n) is 2.31. The maximum absolute atomic E-state index is 6.01. The molecule has 3 heteroatoms. The van der Waals surface area contributed by atoms with Crippen LogP contribution in [-0.2, 0) is 4.74 Å². The van der Waals surface area contributed by atoms with Gasteiger partial charge in [0.15, 0.2) is 0 Å². The van der Waals surface area contributed by atoms with Crippen molar-refractivity contribution >= 4 is 15.9 Å². The molecule has 0 aliphatic carbocycles. The predicted octanol–water partition coefficient (Wildman–Crippen LogP) is 3.37. The van der Waals surface area contributed by atoms with Crippen molar-refractivity contribution < 1.29 is 9.47 Å². The number of epoxide rings is 1. The van der Waals surface area contributed by atoms with Crippen molar-refractivity contribution in [2.75, 3.05) is 0 Å². The normalized spacial score (nSPS) is 30.1. The van der Waals surface area contributed by atoms with Gasteiger partial charge in [0, 0.05) is 10.0 Å². The first-order chi connectivity index (χ1) is 6.99. The molecule has 2 nitrogen and oxygen atoms in total. The van der Waals surface area contributed by atoms with Crippen LogP contribution in [0, 0.1) is 6.92 Å². The van der Waals surface area contributed by atoms with Gasteiger partial charge in [0.2, 0.25) is 0 Å². The van der Waals surface area contributed by atoms with Crippen molar-refractivity contribution in [1.29, 1.82) is 0 Å². The summed E-state index contributed by atoms with van der Waals surface area (Å²) in [7, 11) is 0. The van der Waals surface area contributed by atoms with Crippen molar-refractivity contribution in [1.82, 2.24) is 0 Å². The fourth-order valence-corrected chi connectivity index (χ4v) is 2.90. The first-order valence-corrected chi connectivity index (χ1v) is 5.93. The van der Waals surface area contributed by atoms with Crippen LogP contribution < -0.4 is 4.74 Å². The van der Waals surface area contributed by atoms with Crippen LogP contribution in [0.4, 0.5) is 0 Å². The predicted molar refractivity (Wildman–Crippen MR) is 61.2 cm³/mol. The third-order valence-corrected chi connectivity index (χ3v) is 3.57. The fraction of sp³-hybridized carbons (Fsp3) is 0.500. The zero-order valence-corrected chi connectivity index (χ0v) is 10.6. The summed E-state index contributed by atoms with van der Waals surface area (Å²) in [5.41, 5.74) is 2.16. The monoisotopic (exact) mass is 268 g/mol. The lowest BCUT2D eigenvalue weighted by Gasteiger charge is -2.30. The van der Waals surface area contributed by atoms with Crippen molar-refractivity contribution in [2.45, 2.75) is 38.6 Å². The summed E-state index contributed by atoms with van der Waals surface area (Å²) in [4.78, 5) is 0. The van der Waals surface area contributed by atoms with Crippen molar-refractivity contribution in [3.8, 4) is 5.75 Å². The van der Waals surface area contributed by atoms with E-state index in [1.54, 1.807) is 0 Å². The second-order valence-electron chi connectivity index (χ2n) is 4.82. The van der Waals surface area contributed by atoms with Gasteiger partial charge in [-0.15, -0.1) is 0 Å². The van der Waals surface area contributed by atoms with Gasteiger partial charge in [0.05, 0.1) is 0 Å². The molecule has 1 fully saturated rings. The number of fused-ring (bicyclic) bond motifs is 3. The van der Waals surface area contributed by atoms with Gasteiger partial charge in [0.1, 0.15) is 23.6 Å². The molecule has 15 heavy (non-hydrogen) atoms. The highest BCUT2D eigenvalue weighted by atomic mass is 79.9. The molecule has 0 saturated carbocycles. The Balaban J connectivity index is 2.16. The summed E-state index contributed by atoms with van der Waals surface area (Å²) in [6, 6.07) is 4.18. The lowest BCUT2D eigenvalue weighted by molar-refractivity contribution is 0.0717. The SMILES string of the molecule is Cc1cc(Br)cc2c1OC(C)(C)C1OC21. The zero-order valence-electron chi connectivity index (χ0n) is 9.00. The van der Waals surface area contributed by atoms with Gasteiger partial charge in [-0.1, -0.05) is 15.9 Å². The van der Waals surface area contributed by atoms with E-state index in [2.05, 4.69) is 48.8 Å². The first kappa shape index (κ1) is 9.67. The highest BCUT2D eigenvalue weighted by Crippen LogP contribution is 2.54. The molecule has 1 saturated heterocycles. The molecule has 80 valence electrons. The molecule has 1 aromatic rings. The molecule has 2 heterocycles. The molecule has 2 atom stereocenters. The minimum Gasteiger partial charge on any atom is -0.484 e. The number of aryl methyl sites for hydroxylation is 1. The summed E-state index contributed by atoms with van der Waals surface area (Å²) in [5, 5.41) is 0. The Morgan fingerprint density at radius 2 is 2.07 bits per heavy atom. The number of rotatable bonds is 0. The zero-order chi connectivity index (χ0) is 10.8. The Bertz CT molecular complexity index is 439. The quantitative estimate of drug-likeness (QED) is 0.673. The Labute approximate surface area is 97.7 Å². The van der Waals surface area contributed by atoms with E-state index >= 15 is 0 Å². The molecule has 0 aromatic heterocycles. The third kappa shape index (κ3) is 1.33. The lowest BCUT2D eigenvalue weighted by atomic mass is 9.93. The maximum Gasteiger partial charge on any atom is 0.132 e. The largest absolute Gasteiger partial charge is 0.484 e. The summed E-state index contributed by atoms with van der Waals surface area (Å²) in [5.74, 6) is 1.00. The van der Waals surface area contributed by atoms with Gasteiger partial charge in [-0.25, -0.2) is 0 Å². The van der Waals surface area contributed by atoms with Crippen molar-refractivity contribution in [3.63, 3.8) is 0 Å². The Morgan fingerprint density at radius 1 is 1.33 bits per heavy atom. The molecule has 3 rings (SSSR count). The lowest BCUT2D eigenvalue weighted by Crippen LogP contribution is -2.38. The van der Waals surface area contributed by atoms with Gasteiger partial charge in [-0.05, 0) is 38.5 Å². The minimum atomic E-state index is -0.198. The van der Waals surface area contributed by atoms with Crippen molar-refractivity contribution in [3.05, 3.63) is 27.7 Å². The molecular weight excluding hydrogens is 256 g/mol. The molecule has 0 spiro atoms. The molecule has 1 aromatic carbocycles. The van der Waals surface area contributed by atoms with Crippen LogP contribution in [0.25, 0.3) is 0 Å². The van der Waals surface area contributed by atoms with Crippen LogP contribution in [0.1, 0.15) is 31.1 Å². The number of hydrogen-bond donors (Lipinski definition) is 0. The van der Waals surface area contributed by atoms with E-state index < -0.39 is 0 Å². The van der Waals surface area contributed by atoms with E-state index in [1.807, 2.05) is 0 Å². The van der Waals surface area contributed by atoms with Gasteiger partial charge >= 0.3 is 0 Å². The van der Waals surface area contributed by atoms with Crippen LogP contribution in [0.5, 0.6) is 5.75 Å². The molecule has 0 amide bonds. The third-order valence-electron chi connectivity index (χ3n) is 3.12. The molecule has 0 radical (unpaired) electrons. The van der Waals surface area contributed by atoms with E-state index in [-0.39, 0.29) is 17.8 Å². The van der Waals surface area contributed by atoms with Gasteiger partial charge in [-0.3, -0.25) is 0 Å². The van der Waals surface area contributed by atoms with E-state index in [4.69, 9.17) is 9.47 Å². The average molecular weight is 269 g/mol. The Hall–Kier alpha value is -0.540. The van der Waals surface area contributed by atoms with Crippen LogP contribution in [0.15, 0.2) is 16.6 Å². The topological polar surface area (TPSA) is 21.8 Å². The second-order valence-corrected chi connectivity index (χ2v) is 5.74. The van der Waals surface area contributed by atoms with E-state index in [0.717, 1.165) is 10.2 Å². The number of hydrogen-bond acceptors (Lipinski definition) is 2. The highest BCUT2D eigenvalue weighted by Gasteiger charge is 2.56. The number of halogens is 1. The maximum atomic E-state index is 6.01. The summed E-state index contributed by atoms with van der Waals surface area (Å²) >= 11 is 3.50. The summed E-state index contributed by atoms with van der Waals surface area (Å²) in [6.45, 7) is 6.24. The smallest absolute Gasteiger partial charge is 0.132 e. The highest BCUT2D eigenvalue weighted by molar-refractivity contribution is 9.10. The molecular formula is C12H13BrO2. The van der Waals surface area contributed by atoms with Crippen LogP contribution in [0.3, 0.4) is 0 Å². The molecule has 0 N–H and O–H groups in total. The van der Waals surface area contributed by atoms with Gasteiger partial charge in [0.25, 0.3) is 0 Å². The molecule has 2 aliphatic rings. The van der Waals surface area contributed by atoms with Gasteiger partial charge in [-0.2, -0.15) is 0 Å². The number of benzene rings is 1. The first-order valence-electron chi connectivity index (χ1n) is 5.13. The van der Waals surface area contributed by atoms with Gasteiger partial charge < -0.3 is 9.47 Å². The Morgan fingerprint density at radius 3 is 2.80 bits per heavy atom. The second kappa shape index (κ2) is 2.77. The van der Waals surface area contributed by atoms with Crippen molar-refractivity contribution in [2.24, 2.45) is 0 Å². The summed E-state index contributed by atoms with van der Waals surface area (Å²) in [6.07, 6.45) is 0.457. The van der Waals surface area contributed by atoms with E-state index in [0.29, 0.717) is 0 Å². The van der Waals surface area contributed by atoms with Crippen LogP contribution in [-0.4, -0.2) is 11.7 Å². The minimum absolute atomic E-state index is 0.198.